The van der Waals surface area contributed by atoms with E-state index in [-0.39, 0.29) is 5.91 Å². The topological polar surface area (TPSA) is 76.1 Å². The number of ether oxygens (including phenoxy) is 1. The molecular weight excluding hydrogens is 292 g/mol. The van der Waals surface area contributed by atoms with E-state index in [4.69, 9.17) is 4.74 Å². The molecule has 1 aromatic carbocycles. The standard InChI is InChI=1S/C17H20N4O2/c1-4-9-18-16-10-15(20-12(2)21-16)17(22)19-11-13-5-7-14(23-3)8-6-13/h4-8,10H,1,9,11H2,2-3H3,(H,19,22)(H,18,20,21). The van der Waals surface area contributed by atoms with E-state index >= 15 is 0 Å². The van der Waals surface area contributed by atoms with E-state index in [1.807, 2.05) is 24.3 Å². The van der Waals surface area contributed by atoms with Crippen LogP contribution in [0.15, 0.2) is 43.0 Å². The summed E-state index contributed by atoms with van der Waals surface area (Å²) < 4.78 is 5.10. The van der Waals surface area contributed by atoms with Crippen molar-refractivity contribution in [2.24, 2.45) is 0 Å². The predicted molar refractivity (Wildman–Crippen MR) is 89.6 cm³/mol. The molecular formula is C17H20N4O2. The average molecular weight is 312 g/mol. The summed E-state index contributed by atoms with van der Waals surface area (Å²) in [6.07, 6.45) is 1.72. The molecule has 1 amide bonds. The van der Waals surface area contributed by atoms with Crippen LogP contribution in [0.2, 0.25) is 0 Å². The van der Waals surface area contributed by atoms with Gasteiger partial charge in [-0.25, -0.2) is 9.97 Å². The summed E-state index contributed by atoms with van der Waals surface area (Å²) in [5.74, 6) is 1.68. The number of carbonyl (C=O) groups is 1. The maximum absolute atomic E-state index is 12.2. The number of hydrogen-bond donors (Lipinski definition) is 2. The smallest absolute Gasteiger partial charge is 0.270 e. The molecule has 2 rings (SSSR count). The molecule has 0 aliphatic carbocycles. The van der Waals surface area contributed by atoms with Crippen LogP contribution in [0.25, 0.3) is 0 Å². The second-order valence-corrected chi connectivity index (χ2v) is 4.89. The fourth-order valence-electron chi connectivity index (χ4n) is 1.97. The molecule has 6 heteroatoms. The molecule has 0 aliphatic heterocycles. The number of hydrogen-bond acceptors (Lipinski definition) is 5. The van der Waals surface area contributed by atoms with Crippen molar-refractivity contribution in [1.82, 2.24) is 15.3 Å². The third-order valence-corrected chi connectivity index (χ3v) is 3.11. The van der Waals surface area contributed by atoms with Crippen LogP contribution in [0.1, 0.15) is 21.9 Å². The SMILES string of the molecule is C=CCNc1cc(C(=O)NCc2ccc(OC)cc2)nc(C)n1. The van der Waals surface area contributed by atoms with Crippen molar-refractivity contribution in [3.8, 4) is 5.75 Å². The summed E-state index contributed by atoms with van der Waals surface area (Å²) in [4.78, 5) is 20.6. The van der Waals surface area contributed by atoms with Gasteiger partial charge in [-0.1, -0.05) is 18.2 Å². The molecule has 1 heterocycles. The van der Waals surface area contributed by atoms with E-state index in [1.54, 1.807) is 26.2 Å². The Morgan fingerprint density at radius 2 is 2.04 bits per heavy atom. The van der Waals surface area contributed by atoms with E-state index in [9.17, 15) is 4.79 Å². The Morgan fingerprint density at radius 3 is 2.70 bits per heavy atom. The van der Waals surface area contributed by atoms with Gasteiger partial charge in [-0.05, 0) is 24.6 Å². The fraction of sp³-hybridized carbons (Fsp3) is 0.235. The van der Waals surface area contributed by atoms with E-state index in [2.05, 4.69) is 27.2 Å². The van der Waals surface area contributed by atoms with Crippen LogP contribution in [0, 0.1) is 6.92 Å². The first kappa shape index (κ1) is 16.5. The number of methoxy groups -OCH3 is 1. The lowest BCUT2D eigenvalue weighted by Gasteiger charge is -2.08. The zero-order chi connectivity index (χ0) is 16.7. The molecule has 23 heavy (non-hydrogen) atoms. The van der Waals surface area contributed by atoms with Gasteiger partial charge >= 0.3 is 0 Å². The van der Waals surface area contributed by atoms with Crippen molar-refractivity contribution in [1.29, 1.82) is 0 Å². The highest BCUT2D eigenvalue weighted by Crippen LogP contribution is 2.11. The van der Waals surface area contributed by atoms with Gasteiger partial charge in [-0.3, -0.25) is 4.79 Å². The van der Waals surface area contributed by atoms with Gasteiger partial charge in [-0.15, -0.1) is 6.58 Å². The van der Waals surface area contributed by atoms with Crippen molar-refractivity contribution in [3.63, 3.8) is 0 Å². The number of benzene rings is 1. The molecule has 2 aromatic rings. The first-order chi connectivity index (χ1) is 11.1. The van der Waals surface area contributed by atoms with Crippen LogP contribution in [-0.2, 0) is 6.54 Å². The van der Waals surface area contributed by atoms with Crippen LogP contribution in [-0.4, -0.2) is 29.5 Å². The van der Waals surface area contributed by atoms with Crippen LogP contribution >= 0.6 is 0 Å². The first-order valence-electron chi connectivity index (χ1n) is 7.24. The summed E-state index contributed by atoms with van der Waals surface area (Å²) in [5.41, 5.74) is 1.31. The number of rotatable bonds is 7. The largest absolute Gasteiger partial charge is 0.497 e. The van der Waals surface area contributed by atoms with E-state index in [1.165, 1.54) is 0 Å². The van der Waals surface area contributed by atoms with Gasteiger partial charge in [-0.2, -0.15) is 0 Å². The Morgan fingerprint density at radius 1 is 1.30 bits per heavy atom. The zero-order valence-electron chi connectivity index (χ0n) is 13.3. The number of aryl methyl sites for hydroxylation is 1. The lowest BCUT2D eigenvalue weighted by molar-refractivity contribution is 0.0945. The molecule has 0 fully saturated rings. The molecule has 120 valence electrons. The Bertz CT molecular complexity index is 683. The third-order valence-electron chi connectivity index (χ3n) is 3.11. The van der Waals surface area contributed by atoms with Crippen LogP contribution < -0.4 is 15.4 Å². The molecule has 2 N–H and O–H groups in total. The van der Waals surface area contributed by atoms with E-state index in [0.29, 0.717) is 30.4 Å². The molecule has 0 radical (unpaired) electrons. The Hall–Kier alpha value is -2.89. The summed E-state index contributed by atoms with van der Waals surface area (Å²) in [6, 6.07) is 9.14. The Balaban J connectivity index is 2.01. The van der Waals surface area contributed by atoms with Crippen molar-refractivity contribution in [3.05, 3.63) is 60.1 Å². The number of nitrogens with one attached hydrogen (secondary N) is 2. The van der Waals surface area contributed by atoms with Crippen molar-refractivity contribution < 1.29 is 9.53 Å². The van der Waals surface area contributed by atoms with Crippen LogP contribution in [0.3, 0.4) is 0 Å². The molecule has 0 atom stereocenters. The second kappa shape index (κ2) is 7.93. The molecule has 0 saturated heterocycles. The second-order valence-electron chi connectivity index (χ2n) is 4.89. The van der Waals surface area contributed by atoms with Gasteiger partial charge in [0, 0.05) is 19.2 Å². The van der Waals surface area contributed by atoms with Crippen molar-refractivity contribution in [2.75, 3.05) is 19.0 Å². The summed E-state index contributed by atoms with van der Waals surface area (Å²) >= 11 is 0. The molecule has 1 aromatic heterocycles. The molecule has 0 unspecified atom stereocenters. The first-order valence-corrected chi connectivity index (χ1v) is 7.24. The molecule has 0 bridgehead atoms. The number of anilines is 1. The maximum Gasteiger partial charge on any atom is 0.270 e. The van der Waals surface area contributed by atoms with Crippen molar-refractivity contribution in [2.45, 2.75) is 13.5 Å². The van der Waals surface area contributed by atoms with Gasteiger partial charge in [0.15, 0.2) is 0 Å². The van der Waals surface area contributed by atoms with Crippen LogP contribution in [0.5, 0.6) is 5.75 Å². The molecule has 0 aliphatic rings. The maximum atomic E-state index is 12.2. The lowest BCUT2D eigenvalue weighted by atomic mass is 10.2. The van der Waals surface area contributed by atoms with Crippen molar-refractivity contribution >= 4 is 11.7 Å². The number of carbonyl (C=O) groups excluding carboxylic acids is 1. The minimum Gasteiger partial charge on any atom is -0.497 e. The van der Waals surface area contributed by atoms with E-state index in [0.717, 1.165) is 11.3 Å². The molecule has 0 spiro atoms. The average Bonchev–Trinajstić information content (AvgIpc) is 2.57. The minimum absolute atomic E-state index is 0.243. The van der Waals surface area contributed by atoms with Gasteiger partial charge in [0.25, 0.3) is 5.91 Å². The zero-order valence-corrected chi connectivity index (χ0v) is 13.3. The normalized spacial score (nSPS) is 10.0. The third kappa shape index (κ3) is 4.81. The summed E-state index contributed by atoms with van der Waals surface area (Å²) in [5, 5.41) is 5.90. The van der Waals surface area contributed by atoms with Crippen LogP contribution in [0.4, 0.5) is 5.82 Å². The summed E-state index contributed by atoms with van der Waals surface area (Å²) in [7, 11) is 1.62. The van der Waals surface area contributed by atoms with E-state index < -0.39 is 0 Å². The van der Waals surface area contributed by atoms with Gasteiger partial charge < -0.3 is 15.4 Å². The number of aromatic nitrogens is 2. The molecule has 6 nitrogen and oxygen atoms in total. The van der Waals surface area contributed by atoms with Gasteiger partial charge in [0.1, 0.15) is 23.1 Å². The molecule has 0 saturated carbocycles. The fourth-order valence-corrected chi connectivity index (χ4v) is 1.97. The lowest BCUT2D eigenvalue weighted by Crippen LogP contribution is -2.24. The van der Waals surface area contributed by atoms with Gasteiger partial charge in [0.05, 0.1) is 7.11 Å². The monoisotopic (exact) mass is 312 g/mol. The Labute approximate surface area is 135 Å². The number of nitrogens with zero attached hydrogens (tertiary/aromatic N) is 2. The summed E-state index contributed by atoms with van der Waals surface area (Å²) in [6.45, 7) is 6.38. The highest BCUT2D eigenvalue weighted by Gasteiger charge is 2.10. The highest BCUT2D eigenvalue weighted by atomic mass is 16.5. The Kier molecular flexibility index (Phi) is 5.68. The minimum atomic E-state index is -0.243. The van der Waals surface area contributed by atoms with Gasteiger partial charge in [0.2, 0.25) is 0 Å². The quantitative estimate of drug-likeness (QED) is 0.767. The highest BCUT2D eigenvalue weighted by molar-refractivity contribution is 5.92. The predicted octanol–water partition coefficient (Wildman–Crippen LogP) is 2.32. The number of amides is 1.